The topological polar surface area (TPSA) is 84.2 Å². The first-order valence-electron chi connectivity index (χ1n) is 5.19. The monoisotopic (exact) mass is 267 g/mol. The fourth-order valence-corrected chi connectivity index (χ4v) is 2.44. The maximum absolute atomic E-state index is 11.9. The van der Waals surface area contributed by atoms with Crippen molar-refractivity contribution in [3.63, 3.8) is 0 Å². The molecule has 18 heavy (non-hydrogen) atoms. The molecule has 96 valence electrons. The summed E-state index contributed by atoms with van der Waals surface area (Å²) in [6.45, 7) is 1.73. The van der Waals surface area contributed by atoms with E-state index in [1.807, 2.05) is 0 Å². The average molecular weight is 267 g/mol. The molecule has 0 spiro atoms. The van der Waals surface area contributed by atoms with Crippen molar-refractivity contribution in [2.45, 2.75) is 11.9 Å². The van der Waals surface area contributed by atoms with Crippen LogP contribution in [0, 0.1) is 6.92 Å². The normalized spacial score (nSPS) is 11.4. The minimum Gasteiger partial charge on any atom is -0.508 e. The van der Waals surface area contributed by atoms with Crippen molar-refractivity contribution in [3.05, 3.63) is 36.3 Å². The third kappa shape index (κ3) is 2.45. The number of phenols is 1. The third-order valence-electron chi connectivity index (χ3n) is 2.42. The first-order chi connectivity index (χ1) is 8.38. The van der Waals surface area contributed by atoms with Crippen LogP contribution in [0.4, 0.5) is 5.69 Å². The Labute approximate surface area is 105 Å². The van der Waals surface area contributed by atoms with Crippen molar-refractivity contribution in [2.75, 3.05) is 4.72 Å². The number of phenolic OH excluding ortho intramolecular Hbond substituents is 1. The van der Waals surface area contributed by atoms with E-state index in [0.717, 1.165) is 0 Å². The van der Waals surface area contributed by atoms with E-state index in [4.69, 9.17) is 0 Å². The number of nitrogens with one attached hydrogen (secondary N) is 1. The molecule has 0 bridgehead atoms. The van der Waals surface area contributed by atoms with E-state index in [1.54, 1.807) is 30.7 Å². The number of aromatic nitrogens is 2. The van der Waals surface area contributed by atoms with Crippen molar-refractivity contribution >= 4 is 15.7 Å². The van der Waals surface area contributed by atoms with Crippen LogP contribution in [0.2, 0.25) is 0 Å². The summed E-state index contributed by atoms with van der Waals surface area (Å²) in [5, 5.41) is 9.45. The summed E-state index contributed by atoms with van der Waals surface area (Å²) in [4.78, 5) is 3.77. The number of anilines is 1. The van der Waals surface area contributed by atoms with E-state index in [2.05, 4.69) is 9.71 Å². The molecule has 1 heterocycles. The highest BCUT2D eigenvalue weighted by atomic mass is 32.2. The minimum atomic E-state index is -3.72. The van der Waals surface area contributed by atoms with Crippen LogP contribution in [-0.4, -0.2) is 23.1 Å². The summed E-state index contributed by atoms with van der Waals surface area (Å²) < 4.78 is 27.8. The highest BCUT2D eigenvalue weighted by Gasteiger charge is 2.17. The molecule has 6 nitrogen and oxygen atoms in total. The summed E-state index contributed by atoms with van der Waals surface area (Å²) in [5.74, 6) is 0.0382. The fraction of sp³-hybridized carbons (Fsp3) is 0.182. The summed E-state index contributed by atoms with van der Waals surface area (Å²) in [7, 11) is -2.03. The van der Waals surface area contributed by atoms with E-state index in [1.165, 1.54) is 18.6 Å². The van der Waals surface area contributed by atoms with Crippen LogP contribution in [0.15, 0.2) is 35.7 Å². The second-order valence-corrected chi connectivity index (χ2v) is 5.61. The maximum atomic E-state index is 11.9. The molecule has 0 amide bonds. The van der Waals surface area contributed by atoms with E-state index >= 15 is 0 Å². The Morgan fingerprint density at radius 1 is 1.39 bits per heavy atom. The summed E-state index contributed by atoms with van der Waals surface area (Å²) in [6, 6.07) is 4.57. The van der Waals surface area contributed by atoms with Gasteiger partial charge in [-0.05, 0) is 18.6 Å². The van der Waals surface area contributed by atoms with Gasteiger partial charge in [0.2, 0.25) is 0 Å². The summed E-state index contributed by atoms with van der Waals surface area (Å²) in [5.41, 5.74) is 0.972. The zero-order valence-corrected chi connectivity index (χ0v) is 10.8. The van der Waals surface area contributed by atoms with Gasteiger partial charge < -0.3 is 9.67 Å². The lowest BCUT2D eigenvalue weighted by Gasteiger charge is -2.07. The first kappa shape index (κ1) is 12.4. The Balaban J connectivity index is 2.30. The molecule has 0 aliphatic rings. The maximum Gasteiger partial charge on any atom is 0.280 e. The molecule has 0 aliphatic carbocycles. The lowest BCUT2D eigenvalue weighted by molar-refractivity contribution is 0.471. The number of sulfonamides is 1. The van der Waals surface area contributed by atoms with Crippen molar-refractivity contribution in [2.24, 2.45) is 7.05 Å². The highest BCUT2D eigenvalue weighted by Crippen LogP contribution is 2.22. The van der Waals surface area contributed by atoms with Crippen LogP contribution in [-0.2, 0) is 17.1 Å². The van der Waals surface area contributed by atoms with E-state index in [0.29, 0.717) is 11.3 Å². The molecule has 2 N–H and O–H groups in total. The van der Waals surface area contributed by atoms with Crippen LogP contribution < -0.4 is 4.72 Å². The molecule has 0 radical (unpaired) electrons. The highest BCUT2D eigenvalue weighted by molar-refractivity contribution is 7.92. The number of hydrogen-bond donors (Lipinski definition) is 2. The predicted molar refractivity (Wildman–Crippen MR) is 66.9 cm³/mol. The summed E-state index contributed by atoms with van der Waals surface area (Å²) in [6.07, 6.45) is 2.80. The van der Waals surface area contributed by atoms with Gasteiger partial charge in [0.15, 0.2) is 5.03 Å². The van der Waals surface area contributed by atoms with E-state index in [9.17, 15) is 13.5 Å². The quantitative estimate of drug-likeness (QED) is 0.876. The number of benzene rings is 1. The minimum absolute atomic E-state index is 0.0382. The van der Waals surface area contributed by atoms with Gasteiger partial charge in [0, 0.05) is 19.3 Å². The fourth-order valence-electron chi connectivity index (χ4n) is 1.41. The van der Waals surface area contributed by atoms with Gasteiger partial charge >= 0.3 is 0 Å². The standard InChI is InChI=1S/C11H13N3O3S/c1-8-3-4-9(5-10(8)15)13-18(16,17)11-6-14(2)7-12-11/h3-7,13,15H,1-2H3. The van der Waals surface area contributed by atoms with Gasteiger partial charge in [0.05, 0.1) is 12.0 Å². The first-order valence-corrected chi connectivity index (χ1v) is 6.67. The largest absolute Gasteiger partial charge is 0.508 e. The molecule has 0 fully saturated rings. The van der Waals surface area contributed by atoms with Gasteiger partial charge in [0.25, 0.3) is 10.0 Å². The molecular formula is C11H13N3O3S. The van der Waals surface area contributed by atoms with Gasteiger partial charge in [-0.1, -0.05) is 6.07 Å². The lowest BCUT2D eigenvalue weighted by atomic mass is 10.2. The van der Waals surface area contributed by atoms with Gasteiger partial charge in [-0.15, -0.1) is 0 Å². The van der Waals surface area contributed by atoms with Crippen LogP contribution in [0.3, 0.4) is 0 Å². The molecule has 1 aromatic heterocycles. The Morgan fingerprint density at radius 3 is 2.67 bits per heavy atom. The van der Waals surface area contributed by atoms with Crippen LogP contribution >= 0.6 is 0 Å². The van der Waals surface area contributed by atoms with Crippen molar-refractivity contribution in [1.82, 2.24) is 9.55 Å². The third-order valence-corrected chi connectivity index (χ3v) is 3.68. The van der Waals surface area contributed by atoms with Gasteiger partial charge in [-0.3, -0.25) is 4.72 Å². The summed E-state index contributed by atoms with van der Waals surface area (Å²) >= 11 is 0. The smallest absolute Gasteiger partial charge is 0.280 e. The molecule has 1 aromatic carbocycles. The molecule has 0 saturated carbocycles. The molecule has 2 rings (SSSR count). The second-order valence-electron chi connectivity index (χ2n) is 3.98. The predicted octanol–water partition coefficient (Wildman–Crippen LogP) is 1.23. The second kappa shape index (κ2) is 4.34. The Kier molecular flexibility index (Phi) is 3.00. The van der Waals surface area contributed by atoms with E-state index < -0.39 is 10.0 Å². The van der Waals surface area contributed by atoms with Gasteiger partial charge in [-0.2, -0.15) is 8.42 Å². The SMILES string of the molecule is Cc1ccc(NS(=O)(=O)c2cn(C)cn2)cc1O. The molecule has 0 aliphatic heterocycles. The van der Waals surface area contributed by atoms with Crippen molar-refractivity contribution in [1.29, 1.82) is 0 Å². The molecule has 0 unspecified atom stereocenters. The van der Waals surface area contributed by atoms with Crippen molar-refractivity contribution in [3.8, 4) is 5.75 Å². The molecule has 2 aromatic rings. The van der Waals surface area contributed by atoms with Gasteiger partial charge in [-0.25, -0.2) is 4.98 Å². The molecular weight excluding hydrogens is 254 g/mol. The van der Waals surface area contributed by atoms with Crippen LogP contribution in [0.25, 0.3) is 0 Å². The zero-order valence-electron chi connectivity index (χ0n) is 9.95. The number of imidazole rings is 1. The van der Waals surface area contributed by atoms with Crippen molar-refractivity contribution < 1.29 is 13.5 Å². The Morgan fingerprint density at radius 2 is 2.11 bits per heavy atom. The zero-order chi connectivity index (χ0) is 13.3. The molecule has 7 heteroatoms. The lowest BCUT2D eigenvalue weighted by Crippen LogP contribution is -2.13. The van der Waals surface area contributed by atoms with Crippen LogP contribution in [0.5, 0.6) is 5.75 Å². The van der Waals surface area contributed by atoms with Crippen LogP contribution in [0.1, 0.15) is 5.56 Å². The Bertz CT molecular complexity index is 677. The number of aryl methyl sites for hydroxylation is 2. The molecule has 0 saturated heterocycles. The number of rotatable bonds is 3. The molecule has 0 atom stereocenters. The van der Waals surface area contributed by atoms with Gasteiger partial charge in [0.1, 0.15) is 5.75 Å². The number of nitrogens with zero attached hydrogens (tertiary/aromatic N) is 2. The Hall–Kier alpha value is -2.02. The number of aromatic hydroxyl groups is 1. The number of hydrogen-bond acceptors (Lipinski definition) is 4. The average Bonchev–Trinajstić information content (AvgIpc) is 2.71. The van der Waals surface area contributed by atoms with E-state index in [-0.39, 0.29) is 10.8 Å².